The van der Waals surface area contributed by atoms with Gasteiger partial charge in [-0.3, -0.25) is 9.59 Å². The van der Waals surface area contributed by atoms with Crippen LogP contribution in [0.1, 0.15) is 12.8 Å². The number of aryl methyl sites for hydroxylation is 1. The van der Waals surface area contributed by atoms with E-state index in [0.29, 0.717) is 41.4 Å². The topological polar surface area (TPSA) is 138 Å². The van der Waals surface area contributed by atoms with Crippen LogP contribution in [0.15, 0.2) is 46.2 Å². The number of piperazine rings is 1. The average molecular weight is 577 g/mol. The van der Waals surface area contributed by atoms with Crippen LogP contribution in [0.3, 0.4) is 0 Å². The number of anilines is 1. The molecule has 1 aromatic carbocycles. The summed E-state index contributed by atoms with van der Waals surface area (Å²) in [5.41, 5.74) is 0.405. The monoisotopic (exact) mass is 576 g/mol. The van der Waals surface area contributed by atoms with Crippen molar-refractivity contribution in [2.45, 2.75) is 23.9 Å². The molecule has 0 radical (unpaired) electrons. The molecule has 2 saturated heterocycles. The van der Waals surface area contributed by atoms with Gasteiger partial charge in [-0.15, -0.1) is 0 Å². The Morgan fingerprint density at radius 1 is 1.15 bits per heavy atom. The molecule has 1 atom stereocenters. The molecule has 3 aromatic rings. The largest absolute Gasteiger partial charge is 0.467 e. The highest BCUT2D eigenvalue weighted by atomic mass is 35.5. The van der Waals surface area contributed by atoms with Gasteiger partial charge in [-0.2, -0.15) is 9.40 Å². The van der Waals surface area contributed by atoms with Gasteiger partial charge in [0.25, 0.3) is 15.6 Å². The number of halogens is 1. The Morgan fingerprint density at radius 3 is 2.59 bits per heavy atom. The van der Waals surface area contributed by atoms with E-state index in [1.54, 1.807) is 31.3 Å². The normalized spacial score (nSPS) is 19.6. The molecule has 1 amide bonds. The first-order valence-electron chi connectivity index (χ1n) is 12.5. The number of ether oxygens (including phenoxy) is 1. The number of sulfonamides is 1. The van der Waals surface area contributed by atoms with E-state index in [1.807, 2.05) is 0 Å². The fourth-order valence-electron chi connectivity index (χ4n) is 5.16. The van der Waals surface area contributed by atoms with Crippen molar-refractivity contribution in [3.8, 4) is 0 Å². The van der Waals surface area contributed by atoms with Crippen LogP contribution in [-0.4, -0.2) is 90.1 Å². The second-order valence-electron chi connectivity index (χ2n) is 9.83. The number of fused-ring (bicyclic) bond motifs is 1. The predicted octanol–water partition coefficient (Wildman–Crippen LogP) is 1.21. The first-order chi connectivity index (χ1) is 18.6. The number of piperidine rings is 1. The summed E-state index contributed by atoms with van der Waals surface area (Å²) in [5.74, 6) is -0.316. The summed E-state index contributed by atoms with van der Waals surface area (Å²) in [7, 11) is -1.28. The van der Waals surface area contributed by atoms with Crippen molar-refractivity contribution >= 4 is 50.2 Å². The SMILES string of the molecule is COC(=O)[C@H]1CN(S(=O)(=O)c2cc3cc(Cl)ccc3[nH]2)CC(=O)N1CC1CCN(c2ccc(=O)n(C)n2)CC1. The van der Waals surface area contributed by atoms with Crippen LogP contribution in [0, 0.1) is 5.92 Å². The van der Waals surface area contributed by atoms with Crippen molar-refractivity contribution in [3.05, 3.63) is 51.8 Å². The smallest absolute Gasteiger partial charge is 0.329 e. The van der Waals surface area contributed by atoms with Gasteiger partial charge in [-0.25, -0.2) is 17.9 Å². The summed E-state index contributed by atoms with van der Waals surface area (Å²) in [6.45, 7) is 1.06. The molecule has 0 unspecified atom stereocenters. The van der Waals surface area contributed by atoms with Gasteiger partial charge in [0.1, 0.15) is 16.9 Å². The number of methoxy groups -OCH3 is 1. The fraction of sp³-hybridized carbons (Fsp3) is 0.440. The van der Waals surface area contributed by atoms with Crippen LogP contribution < -0.4 is 10.5 Å². The van der Waals surface area contributed by atoms with Gasteiger partial charge >= 0.3 is 5.97 Å². The van der Waals surface area contributed by atoms with Gasteiger partial charge in [0.15, 0.2) is 0 Å². The number of aromatic nitrogens is 3. The molecule has 1 N–H and O–H groups in total. The predicted molar refractivity (Wildman–Crippen MR) is 144 cm³/mol. The number of esters is 1. The lowest BCUT2D eigenvalue weighted by molar-refractivity contribution is -0.157. The van der Waals surface area contributed by atoms with Crippen LogP contribution in [0.25, 0.3) is 10.9 Å². The Hall–Kier alpha value is -3.42. The highest BCUT2D eigenvalue weighted by Gasteiger charge is 2.43. The first kappa shape index (κ1) is 27.2. The summed E-state index contributed by atoms with van der Waals surface area (Å²) in [5, 5.41) is 5.31. The first-order valence-corrected chi connectivity index (χ1v) is 14.3. The van der Waals surface area contributed by atoms with Crippen LogP contribution >= 0.6 is 11.6 Å². The van der Waals surface area contributed by atoms with Crippen LogP contribution in [0.2, 0.25) is 5.02 Å². The number of rotatable bonds is 6. The minimum atomic E-state index is -4.10. The number of H-pyrrole nitrogens is 1. The maximum atomic E-state index is 13.5. The molecule has 39 heavy (non-hydrogen) atoms. The lowest BCUT2D eigenvalue weighted by Crippen LogP contribution is -2.61. The minimum absolute atomic E-state index is 0.0796. The molecule has 0 aliphatic carbocycles. The number of hydrogen-bond acceptors (Lipinski definition) is 8. The van der Waals surface area contributed by atoms with E-state index in [1.165, 1.54) is 28.8 Å². The van der Waals surface area contributed by atoms with Gasteiger partial charge in [-0.1, -0.05) is 11.6 Å². The van der Waals surface area contributed by atoms with E-state index >= 15 is 0 Å². The summed E-state index contributed by atoms with van der Waals surface area (Å²) in [4.78, 5) is 44.1. The maximum Gasteiger partial charge on any atom is 0.329 e. The maximum absolute atomic E-state index is 13.5. The third-order valence-corrected chi connectivity index (χ3v) is 9.34. The lowest BCUT2D eigenvalue weighted by atomic mass is 9.95. The molecule has 0 saturated carbocycles. The van der Waals surface area contributed by atoms with Gasteiger partial charge in [0.05, 0.1) is 13.7 Å². The zero-order valence-electron chi connectivity index (χ0n) is 21.5. The van der Waals surface area contributed by atoms with E-state index in [9.17, 15) is 22.8 Å². The second-order valence-corrected chi connectivity index (χ2v) is 12.2. The van der Waals surface area contributed by atoms with Crippen molar-refractivity contribution in [1.82, 2.24) is 24.0 Å². The van der Waals surface area contributed by atoms with Gasteiger partial charge in [0.2, 0.25) is 5.91 Å². The third-order valence-electron chi connectivity index (χ3n) is 7.37. The quantitative estimate of drug-likeness (QED) is 0.432. The summed E-state index contributed by atoms with van der Waals surface area (Å²) < 4.78 is 34.2. The molecule has 0 bridgehead atoms. The number of nitrogens with zero attached hydrogens (tertiary/aromatic N) is 5. The molecule has 2 aliphatic heterocycles. The average Bonchev–Trinajstić information content (AvgIpc) is 3.35. The van der Waals surface area contributed by atoms with Gasteiger partial charge in [0, 0.05) is 55.2 Å². The van der Waals surface area contributed by atoms with E-state index in [4.69, 9.17) is 16.3 Å². The number of aromatic amines is 1. The Kier molecular flexibility index (Phi) is 7.40. The molecule has 12 nitrogen and oxygen atoms in total. The number of nitrogens with one attached hydrogen (secondary N) is 1. The molecule has 2 aliphatic rings. The molecular weight excluding hydrogens is 548 g/mol. The van der Waals surface area contributed by atoms with Crippen molar-refractivity contribution in [3.63, 3.8) is 0 Å². The van der Waals surface area contributed by atoms with Crippen molar-refractivity contribution in [2.75, 3.05) is 44.7 Å². The number of benzene rings is 1. The Balaban J connectivity index is 1.30. The second kappa shape index (κ2) is 10.6. The summed E-state index contributed by atoms with van der Waals surface area (Å²) >= 11 is 6.03. The molecule has 208 valence electrons. The Labute approximate surface area is 230 Å². The van der Waals surface area contributed by atoms with Crippen LogP contribution in [0.4, 0.5) is 5.82 Å². The van der Waals surface area contributed by atoms with Crippen molar-refractivity contribution in [1.29, 1.82) is 0 Å². The van der Waals surface area contributed by atoms with Crippen molar-refractivity contribution < 1.29 is 22.7 Å². The lowest BCUT2D eigenvalue weighted by Gasteiger charge is -2.41. The molecule has 5 rings (SSSR count). The molecule has 2 aromatic heterocycles. The van der Waals surface area contributed by atoms with E-state index in [0.717, 1.165) is 17.1 Å². The Morgan fingerprint density at radius 2 is 1.90 bits per heavy atom. The minimum Gasteiger partial charge on any atom is -0.467 e. The highest BCUT2D eigenvalue weighted by molar-refractivity contribution is 7.89. The number of amides is 1. The standard InChI is InChI=1S/C25H29ClN6O6S/c1-29-23(33)6-5-21(28-29)30-9-7-16(8-10-30)13-32-20(25(35)38-2)14-31(15-24(32)34)39(36,37)22-12-17-11-18(26)3-4-19(17)27-22/h3-6,11-12,16,20,27H,7-10,13-15H2,1-2H3/t20-/m1/s1. The molecular formula is C25H29ClN6O6S. The third kappa shape index (κ3) is 5.38. The molecule has 2 fully saturated rings. The van der Waals surface area contributed by atoms with Gasteiger partial charge < -0.3 is 19.5 Å². The van der Waals surface area contributed by atoms with Gasteiger partial charge in [-0.05, 0) is 49.1 Å². The van der Waals surface area contributed by atoms with E-state index in [2.05, 4.69) is 15.0 Å². The van der Waals surface area contributed by atoms with Crippen LogP contribution in [0.5, 0.6) is 0 Å². The van der Waals surface area contributed by atoms with E-state index < -0.39 is 27.9 Å². The molecule has 0 spiro atoms. The number of carbonyl (C=O) groups excluding carboxylic acids is 2. The summed E-state index contributed by atoms with van der Waals surface area (Å²) in [6, 6.07) is 8.55. The highest BCUT2D eigenvalue weighted by Crippen LogP contribution is 2.28. The molecule has 14 heteroatoms. The fourth-order valence-corrected chi connectivity index (χ4v) is 6.75. The summed E-state index contributed by atoms with van der Waals surface area (Å²) in [6.07, 6.45) is 1.48. The van der Waals surface area contributed by atoms with E-state index in [-0.39, 0.29) is 29.6 Å². The molecule has 4 heterocycles. The van der Waals surface area contributed by atoms with Crippen molar-refractivity contribution in [2.24, 2.45) is 13.0 Å². The Bertz CT molecular complexity index is 1580. The zero-order chi connectivity index (χ0) is 27.9. The van der Waals surface area contributed by atoms with Crippen LogP contribution in [-0.2, 0) is 31.4 Å². The number of hydrogen-bond donors (Lipinski definition) is 1. The zero-order valence-corrected chi connectivity index (χ0v) is 23.1. The number of carbonyl (C=O) groups is 2.